The van der Waals surface area contributed by atoms with Crippen LogP contribution in [0.4, 0.5) is 5.69 Å². The van der Waals surface area contributed by atoms with E-state index >= 15 is 0 Å². The maximum Gasteiger partial charge on any atom is 0.241 e. The highest BCUT2D eigenvalue weighted by Gasteiger charge is 2.24. The van der Waals surface area contributed by atoms with Crippen molar-refractivity contribution in [3.63, 3.8) is 0 Å². The first-order valence-corrected chi connectivity index (χ1v) is 8.76. The van der Waals surface area contributed by atoms with Crippen molar-refractivity contribution in [3.8, 4) is 0 Å². The molecule has 2 saturated heterocycles. The summed E-state index contributed by atoms with van der Waals surface area (Å²) in [6.07, 6.45) is 3.86. The molecule has 2 aliphatic heterocycles. The van der Waals surface area contributed by atoms with Crippen molar-refractivity contribution in [2.24, 2.45) is 11.7 Å². The van der Waals surface area contributed by atoms with Crippen LogP contribution in [-0.4, -0.2) is 42.4 Å². The summed E-state index contributed by atoms with van der Waals surface area (Å²) >= 11 is 0. The number of carbonyl (C=O) groups is 2. The fourth-order valence-corrected chi connectivity index (χ4v) is 3.52. The lowest BCUT2D eigenvalue weighted by atomic mass is 9.97. The average Bonchev–Trinajstić information content (AvgIpc) is 3.11. The topological polar surface area (TPSA) is 87.5 Å². The smallest absolute Gasteiger partial charge is 0.241 e. The van der Waals surface area contributed by atoms with E-state index in [9.17, 15) is 9.59 Å². The number of nitrogens with two attached hydrogens (primary N) is 1. The van der Waals surface area contributed by atoms with Crippen molar-refractivity contribution < 1.29 is 9.59 Å². The molecule has 0 radical (unpaired) electrons. The van der Waals surface area contributed by atoms with Gasteiger partial charge < -0.3 is 16.4 Å². The second-order valence-electron chi connectivity index (χ2n) is 6.81. The molecule has 0 spiro atoms. The molecule has 130 valence electrons. The summed E-state index contributed by atoms with van der Waals surface area (Å²) in [5.74, 6) is -0.185. The van der Waals surface area contributed by atoms with E-state index in [-0.39, 0.29) is 23.8 Å². The van der Waals surface area contributed by atoms with E-state index in [0.29, 0.717) is 0 Å². The molecule has 3 rings (SSSR count). The SMILES string of the molecule is NC(=O)C1CCCN(Cc2ccc(NC(=O)C3CCCN3)cc2)C1. The Labute approximate surface area is 142 Å². The summed E-state index contributed by atoms with van der Waals surface area (Å²) in [7, 11) is 0. The molecular weight excluding hydrogens is 304 g/mol. The van der Waals surface area contributed by atoms with E-state index < -0.39 is 0 Å². The van der Waals surface area contributed by atoms with Crippen LogP contribution in [-0.2, 0) is 16.1 Å². The van der Waals surface area contributed by atoms with Crippen molar-refractivity contribution in [1.82, 2.24) is 10.2 Å². The first-order valence-electron chi connectivity index (χ1n) is 8.76. The van der Waals surface area contributed by atoms with Crippen LogP contribution in [0.5, 0.6) is 0 Å². The maximum atomic E-state index is 12.1. The normalized spacial score (nSPS) is 24.7. The number of hydrogen-bond acceptors (Lipinski definition) is 4. The zero-order chi connectivity index (χ0) is 16.9. The summed E-state index contributed by atoms with van der Waals surface area (Å²) in [6, 6.07) is 7.88. The number of primary amides is 1. The molecule has 2 unspecified atom stereocenters. The number of nitrogens with zero attached hydrogens (tertiary/aromatic N) is 1. The van der Waals surface area contributed by atoms with Gasteiger partial charge in [0.1, 0.15) is 0 Å². The lowest BCUT2D eigenvalue weighted by Crippen LogP contribution is -2.40. The standard InChI is InChI=1S/C18H26N4O2/c19-17(23)14-3-2-10-22(12-14)11-13-5-7-15(8-6-13)21-18(24)16-4-1-9-20-16/h5-8,14,16,20H,1-4,9-12H2,(H2,19,23)(H,21,24). The molecule has 2 heterocycles. The van der Waals surface area contributed by atoms with Gasteiger partial charge in [0.05, 0.1) is 12.0 Å². The van der Waals surface area contributed by atoms with Crippen LogP contribution in [0.2, 0.25) is 0 Å². The van der Waals surface area contributed by atoms with Crippen molar-refractivity contribution >= 4 is 17.5 Å². The van der Waals surface area contributed by atoms with Crippen LogP contribution in [0, 0.1) is 5.92 Å². The lowest BCUT2D eigenvalue weighted by molar-refractivity contribution is -0.123. The fraction of sp³-hybridized carbons (Fsp3) is 0.556. The Morgan fingerprint density at radius 2 is 2.00 bits per heavy atom. The number of nitrogens with one attached hydrogen (secondary N) is 2. The van der Waals surface area contributed by atoms with E-state index in [2.05, 4.69) is 15.5 Å². The van der Waals surface area contributed by atoms with Gasteiger partial charge in [0, 0.05) is 18.8 Å². The quantitative estimate of drug-likeness (QED) is 0.754. The van der Waals surface area contributed by atoms with E-state index in [4.69, 9.17) is 5.73 Å². The molecule has 2 fully saturated rings. The largest absolute Gasteiger partial charge is 0.369 e. The Kier molecular flexibility index (Phi) is 5.48. The Hall–Kier alpha value is -1.92. The van der Waals surface area contributed by atoms with Crippen molar-refractivity contribution in [2.75, 3.05) is 25.0 Å². The highest BCUT2D eigenvalue weighted by Crippen LogP contribution is 2.19. The first kappa shape index (κ1) is 16.9. The summed E-state index contributed by atoms with van der Waals surface area (Å²) in [4.78, 5) is 25.7. The number of rotatable bonds is 5. The minimum atomic E-state index is -0.196. The maximum absolute atomic E-state index is 12.1. The van der Waals surface area contributed by atoms with Crippen molar-refractivity contribution in [3.05, 3.63) is 29.8 Å². The van der Waals surface area contributed by atoms with Crippen molar-refractivity contribution in [1.29, 1.82) is 0 Å². The van der Waals surface area contributed by atoms with Crippen LogP contribution in [0.25, 0.3) is 0 Å². The van der Waals surface area contributed by atoms with Gasteiger partial charge in [-0.15, -0.1) is 0 Å². The second-order valence-corrected chi connectivity index (χ2v) is 6.81. The first-order chi connectivity index (χ1) is 11.6. The number of likely N-dealkylation sites (tertiary alicyclic amines) is 1. The molecule has 4 N–H and O–H groups in total. The number of anilines is 1. The van der Waals surface area contributed by atoms with Crippen LogP contribution in [0.15, 0.2) is 24.3 Å². The van der Waals surface area contributed by atoms with E-state index in [1.54, 1.807) is 0 Å². The van der Waals surface area contributed by atoms with Gasteiger partial charge in [0.2, 0.25) is 11.8 Å². The summed E-state index contributed by atoms with van der Waals surface area (Å²) < 4.78 is 0. The Balaban J connectivity index is 1.52. The van der Waals surface area contributed by atoms with E-state index in [1.165, 1.54) is 5.56 Å². The van der Waals surface area contributed by atoms with Crippen LogP contribution in [0.3, 0.4) is 0 Å². The zero-order valence-corrected chi connectivity index (χ0v) is 14.0. The second kappa shape index (κ2) is 7.77. The third-order valence-electron chi connectivity index (χ3n) is 4.91. The van der Waals surface area contributed by atoms with E-state index in [1.807, 2.05) is 24.3 Å². The van der Waals surface area contributed by atoms with Gasteiger partial charge >= 0.3 is 0 Å². The van der Waals surface area contributed by atoms with Gasteiger partial charge in [-0.3, -0.25) is 14.5 Å². The fourth-order valence-electron chi connectivity index (χ4n) is 3.52. The third kappa shape index (κ3) is 4.33. The summed E-state index contributed by atoms with van der Waals surface area (Å²) in [5, 5.41) is 6.16. The number of amides is 2. The molecule has 0 aromatic heterocycles. The number of carbonyl (C=O) groups excluding carboxylic acids is 2. The van der Waals surface area contributed by atoms with Crippen LogP contribution in [0.1, 0.15) is 31.2 Å². The van der Waals surface area contributed by atoms with Gasteiger partial charge in [-0.1, -0.05) is 12.1 Å². The molecule has 6 nitrogen and oxygen atoms in total. The number of hydrogen-bond donors (Lipinski definition) is 3. The Bertz CT molecular complexity index is 581. The minimum Gasteiger partial charge on any atom is -0.369 e. The van der Waals surface area contributed by atoms with Gasteiger partial charge in [-0.05, 0) is 56.5 Å². The molecule has 1 aromatic rings. The minimum absolute atomic E-state index is 0.0313. The van der Waals surface area contributed by atoms with Gasteiger partial charge in [0.15, 0.2) is 0 Å². The molecule has 6 heteroatoms. The number of benzene rings is 1. The molecule has 24 heavy (non-hydrogen) atoms. The predicted octanol–water partition coefficient (Wildman–Crippen LogP) is 1.07. The van der Waals surface area contributed by atoms with Gasteiger partial charge in [-0.25, -0.2) is 0 Å². The Morgan fingerprint density at radius 3 is 2.67 bits per heavy atom. The van der Waals surface area contributed by atoms with Crippen LogP contribution < -0.4 is 16.4 Å². The summed E-state index contributed by atoms with van der Waals surface area (Å²) in [6.45, 7) is 3.46. The molecule has 1 aromatic carbocycles. The summed E-state index contributed by atoms with van der Waals surface area (Å²) in [5.41, 5.74) is 7.43. The highest BCUT2D eigenvalue weighted by molar-refractivity contribution is 5.95. The molecule has 0 aliphatic carbocycles. The third-order valence-corrected chi connectivity index (χ3v) is 4.91. The zero-order valence-electron chi connectivity index (χ0n) is 14.0. The van der Waals surface area contributed by atoms with Crippen LogP contribution >= 0.6 is 0 Å². The Morgan fingerprint density at radius 1 is 1.21 bits per heavy atom. The molecular formula is C18H26N4O2. The predicted molar refractivity (Wildman–Crippen MR) is 93.3 cm³/mol. The molecule has 0 saturated carbocycles. The highest BCUT2D eigenvalue weighted by atomic mass is 16.2. The average molecular weight is 330 g/mol. The van der Waals surface area contributed by atoms with Crippen molar-refractivity contribution in [2.45, 2.75) is 38.3 Å². The molecule has 2 amide bonds. The lowest BCUT2D eigenvalue weighted by Gasteiger charge is -2.31. The molecule has 2 atom stereocenters. The number of piperidine rings is 1. The van der Waals surface area contributed by atoms with Gasteiger partial charge in [-0.2, -0.15) is 0 Å². The van der Waals surface area contributed by atoms with Gasteiger partial charge in [0.25, 0.3) is 0 Å². The van der Waals surface area contributed by atoms with E-state index in [0.717, 1.165) is 57.5 Å². The molecule has 0 bridgehead atoms. The molecule has 2 aliphatic rings. The monoisotopic (exact) mass is 330 g/mol.